The van der Waals surface area contributed by atoms with E-state index in [9.17, 15) is 5.11 Å². The second-order valence-corrected chi connectivity index (χ2v) is 7.41. The molecule has 3 rings (SSSR count). The molecule has 1 saturated heterocycles. The molecular weight excluding hydrogens is 413 g/mol. The Morgan fingerprint density at radius 3 is 2.50 bits per heavy atom. The number of halogens is 1. The Morgan fingerprint density at radius 2 is 1.79 bits per heavy atom. The SMILES string of the molecule is CC1CC[N+](C)(CC(O)COc2ccc3ccccc3c2)CC1.[I-]. The van der Waals surface area contributed by atoms with E-state index in [2.05, 4.69) is 32.2 Å². The van der Waals surface area contributed by atoms with Crippen LogP contribution in [0.25, 0.3) is 10.8 Å². The molecule has 1 heterocycles. The van der Waals surface area contributed by atoms with Crippen molar-refractivity contribution in [3.05, 3.63) is 42.5 Å². The molecule has 0 amide bonds. The lowest BCUT2D eigenvalue weighted by Gasteiger charge is -2.41. The lowest BCUT2D eigenvalue weighted by atomic mass is 9.97. The zero-order valence-electron chi connectivity index (χ0n) is 14.6. The number of hydrogen-bond acceptors (Lipinski definition) is 2. The Kier molecular flexibility index (Phi) is 6.89. The van der Waals surface area contributed by atoms with Crippen molar-refractivity contribution in [1.29, 1.82) is 0 Å². The maximum absolute atomic E-state index is 10.4. The molecule has 0 aromatic heterocycles. The summed E-state index contributed by atoms with van der Waals surface area (Å²) in [5, 5.41) is 12.7. The quantitative estimate of drug-likeness (QED) is 0.540. The van der Waals surface area contributed by atoms with Crippen LogP contribution in [0.4, 0.5) is 0 Å². The van der Waals surface area contributed by atoms with Gasteiger partial charge in [0.15, 0.2) is 0 Å². The predicted molar refractivity (Wildman–Crippen MR) is 94.6 cm³/mol. The van der Waals surface area contributed by atoms with E-state index >= 15 is 0 Å². The molecule has 2 aromatic rings. The summed E-state index contributed by atoms with van der Waals surface area (Å²) in [6.45, 7) is 5.78. The van der Waals surface area contributed by atoms with E-state index < -0.39 is 6.10 Å². The van der Waals surface area contributed by atoms with Gasteiger partial charge in [-0.25, -0.2) is 0 Å². The van der Waals surface area contributed by atoms with Gasteiger partial charge in [-0.05, 0) is 41.7 Å². The van der Waals surface area contributed by atoms with Gasteiger partial charge in [0.25, 0.3) is 0 Å². The first-order valence-electron chi connectivity index (χ1n) is 8.67. The van der Waals surface area contributed by atoms with Crippen molar-refractivity contribution in [3.8, 4) is 5.75 Å². The summed E-state index contributed by atoms with van der Waals surface area (Å²) in [4.78, 5) is 0. The monoisotopic (exact) mass is 441 g/mol. The topological polar surface area (TPSA) is 29.5 Å². The molecule has 0 aliphatic carbocycles. The number of fused-ring (bicyclic) bond motifs is 1. The van der Waals surface area contributed by atoms with Crippen molar-refractivity contribution < 1.29 is 38.3 Å². The van der Waals surface area contributed by atoms with Gasteiger partial charge in [0.05, 0.1) is 20.1 Å². The second-order valence-electron chi connectivity index (χ2n) is 7.41. The number of likely N-dealkylation sites (tertiary alicyclic amines) is 1. The largest absolute Gasteiger partial charge is 1.00 e. The van der Waals surface area contributed by atoms with E-state index in [1.54, 1.807) is 0 Å². The summed E-state index contributed by atoms with van der Waals surface area (Å²) in [6, 6.07) is 14.3. The summed E-state index contributed by atoms with van der Waals surface area (Å²) in [5.41, 5.74) is 0. The summed E-state index contributed by atoms with van der Waals surface area (Å²) < 4.78 is 6.79. The smallest absolute Gasteiger partial charge is 0.137 e. The van der Waals surface area contributed by atoms with Crippen molar-refractivity contribution in [1.82, 2.24) is 0 Å². The molecular formula is C20H28INO2. The Morgan fingerprint density at radius 1 is 1.12 bits per heavy atom. The van der Waals surface area contributed by atoms with Crippen molar-refractivity contribution in [3.63, 3.8) is 0 Å². The molecule has 2 aromatic carbocycles. The molecule has 0 radical (unpaired) electrons. The Bertz CT molecular complexity index is 653. The molecule has 0 saturated carbocycles. The summed E-state index contributed by atoms with van der Waals surface area (Å²) >= 11 is 0. The lowest BCUT2D eigenvalue weighted by Crippen LogP contribution is -3.00. The number of nitrogens with zero attached hydrogens (tertiary/aromatic N) is 1. The molecule has 1 fully saturated rings. The fourth-order valence-corrected chi connectivity index (χ4v) is 3.51. The third kappa shape index (κ3) is 5.07. The van der Waals surface area contributed by atoms with E-state index in [-0.39, 0.29) is 24.0 Å². The first-order chi connectivity index (χ1) is 11.0. The molecule has 1 N–H and O–H groups in total. The van der Waals surface area contributed by atoms with Crippen LogP contribution in [0.5, 0.6) is 5.75 Å². The number of hydrogen-bond donors (Lipinski definition) is 1. The number of rotatable bonds is 5. The highest BCUT2D eigenvalue weighted by Gasteiger charge is 2.30. The van der Waals surface area contributed by atoms with Crippen LogP contribution in [0.3, 0.4) is 0 Å². The first kappa shape index (κ1) is 19.5. The zero-order chi connectivity index (χ0) is 16.3. The Hall–Kier alpha value is -0.850. The van der Waals surface area contributed by atoms with Gasteiger partial charge in [0.2, 0.25) is 0 Å². The third-order valence-electron chi connectivity index (χ3n) is 5.14. The number of quaternary nitrogens is 1. The average Bonchev–Trinajstić information content (AvgIpc) is 2.56. The molecule has 4 heteroatoms. The molecule has 3 nitrogen and oxygen atoms in total. The second kappa shape index (κ2) is 8.50. The van der Waals surface area contributed by atoms with Crippen LogP contribution in [-0.2, 0) is 0 Å². The van der Waals surface area contributed by atoms with Crippen molar-refractivity contribution in [2.45, 2.75) is 25.9 Å². The van der Waals surface area contributed by atoms with Gasteiger partial charge < -0.3 is 38.3 Å². The van der Waals surface area contributed by atoms with Gasteiger partial charge in [0.1, 0.15) is 25.0 Å². The van der Waals surface area contributed by atoms with Gasteiger partial charge >= 0.3 is 0 Å². The number of benzene rings is 2. The minimum Gasteiger partial charge on any atom is -1.00 e. The van der Waals surface area contributed by atoms with Crippen LogP contribution >= 0.6 is 0 Å². The Labute approximate surface area is 162 Å². The lowest BCUT2D eigenvalue weighted by molar-refractivity contribution is -0.918. The minimum absolute atomic E-state index is 0. The molecule has 1 unspecified atom stereocenters. The van der Waals surface area contributed by atoms with E-state index in [0.717, 1.165) is 35.8 Å². The average molecular weight is 441 g/mol. The minimum atomic E-state index is -0.417. The first-order valence-corrected chi connectivity index (χ1v) is 8.67. The maximum Gasteiger partial charge on any atom is 0.137 e. The van der Waals surface area contributed by atoms with Crippen LogP contribution in [0.1, 0.15) is 19.8 Å². The normalized spacial score (nSPS) is 25.0. The fraction of sp³-hybridized carbons (Fsp3) is 0.500. The number of ether oxygens (including phenoxy) is 1. The highest BCUT2D eigenvalue weighted by molar-refractivity contribution is 5.83. The molecule has 0 bridgehead atoms. The number of aliphatic hydroxyl groups excluding tert-OH is 1. The number of aliphatic hydroxyl groups is 1. The number of piperidine rings is 1. The van der Waals surface area contributed by atoms with Crippen LogP contribution in [-0.4, -0.2) is 49.0 Å². The molecule has 1 aliphatic rings. The van der Waals surface area contributed by atoms with E-state index in [1.807, 2.05) is 24.3 Å². The zero-order valence-corrected chi connectivity index (χ0v) is 16.8. The standard InChI is InChI=1S/C20H28NO2.HI/c1-16-9-11-21(2,12-10-16)14-19(22)15-23-20-8-7-17-5-3-4-6-18(17)13-20;/h3-8,13,16,19,22H,9-12,14-15H2,1-2H3;1H/q+1;/p-1. The number of likely N-dealkylation sites (N-methyl/N-ethyl adjacent to an activating group) is 1. The highest BCUT2D eigenvalue weighted by Crippen LogP contribution is 2.23. The van der Waals surface area contributed by atoms with Crippen molar-refractivity contribution in [2.75, 3.05) is 33.3 Å². The molecule has 1 atom stereocenters. The molecule has 132 valence electrons. The molecule has 0 spiro atoms. The maximum atomic E-state index is 10.4. The Balaban J connectivity index is 0.00000208. The van der Waals surface area contributed by atoms with E-state index in [0.29, 0.717) is 6.61 Å². The van der Waals surface area contributed by atoms with E-state index in [1.165, 1.54) is 23.6 Å². The summed E-state index contributed by atoms with van der Waals surface area (Å²) in [6.07, 6.45) is 2.10. The van der Waals surface area contributed by atoms with Crippen LogP contribution in [0.15, 0.2) is 42.5 Å². The van der Waals surface area contributed by atoms with Gasteiger partial charge in [-0.1, -0.05) is 37.3 Å². The van der Waals surface area contributed by atoms with Gasteiger partial charge in [0, 0.05) is 0 Å². The van der Waals surface area contributed by atoms with Crippen LogP contribution < -0.4 is 28.7 Å². The predicted octanol–water partition coefficient (Wildman–Crippen LogP) is 0.460. The third-order valence-corrected chi connectivity index (χ3v) is 5.14. The highest BCUT2D eigenvalue weighted by atomic mass is 127. The van der Waals surface area contributed by atoms with E-state index in [4.69, 9.17) is 4.74 Å². The summed E-state index contributed by atoms with van der Waals surface area (Å²) in [5.74, 6) is 1.66. The van der Waals surface area contributed by atoms with Crippen molar-refractivity contribution >= 4 is 10.8 Å². The van der Waals surface area contributed by atoms with Gasteiger partial charge in [-0.3, -0.25) is 0 Å². The summed E-state index contributed by atoms with van der Waals surface area (Å²) in [7, 11) is 2.26. The van der Waals surface area contributed by atoms with Crippen molar-refractivity contribution in [2.24, 2.45) is 5.92 Å². The van der Waals surface area contributed by atoms with Gasteiger partial charge in [-0.15, -0.1) is 0 Å². The fourth-order valence-electron chi connectivity index (χ4n) is 3.51. The van der Waals surface area contributed by atoms with Crippen LogP contribution in [0.2, 0.25) is 0 Å². The van der Waals surface area contributed by atoms with Crippen LogP contribution in [0, 0.1) is 5.92 Å². The molecule has 24 heavy (non-hydrogen) atoms. The molecule has 1 aliphatic heterocycles. The van der Waals surface area contributed by atoms with Gasteiger partial charge in [-0.2, -0.15) is 0 Å².